The van der Waals surface area contributed by atoms with Gasteiger partial charge in [-0.1, -0.05) is 61.9 Å². The van der Waals surface area contributed by atoms with Gasteiger partial charge in [0.15, 0.2) is 0 Å². The highest BCUT2D eigenvalue weighted by Gasteiger charge is 2.34. The molecule has 1 aromatic heterocycles. The Morgan fingerprint density at radius 2 is 1.76 bits per heavy atom. The lowest BCUT2D eigenvalue weighted by atomic mass is 10.1. The fourth-order valence-corrected chi connectivity index (χ4v) is 5.25. The van der Waals surface area contributed by atoms with Crippen molar-refractivity contribution in [2.45, 2.75) is 39.5 Å². The van der Waals surface area contributed by atoms with Crippen molar-refractivity contribution in [3.63, 3.8) is 0 Å². The molecule has 1 atom stereocenters. The molecule has 1 unspecified atom stereocenters. The summed E-state index contributed by atoms with van der Waals surface area (Å²) in [6, 6.07) is 16.1. The van der Waals surface area contributed by atoms with Crippen molar-refractivity contribution in [2.24, 2.45) is 0 Å². The summed E-state index contributed by atoms with van der Waals surface area (Å²) in [6.07, 6.45) is 5.06. The van der Waals surface area contributed by atoms with Gasteiger partial charge in [-0.15, -0.1) is 0 Å². The third kappa shape index (κ3) is 6.35. The Morgan fingerprint density at radius 3 is 2.45 bits per heavy atom. The molecule has 1 saturated heterocycles. The number of likely N-dealkylation sites (tertiary alicyclic amines) is 1. The number of amides is 1. The van der Waals surface area contributed by atoms with Gasteiger partial charge in [0.25, 0.3) is 5.91 Å². The lowest BCUT2D eigenvalue weighted by Gasteiger charge is -2.26. The molecule has 8 heteroatoms. The van der Waals surface area contributed by atoms with Crippen molar-refractivity contribution < 1.29 is 14.3 Å². The second kappa shape index (κ2) is 13.2. The molecule has 0 aliphatic carbocycles. The quantitative estimate of drug-likeness (QED) is 0.301. The number of methoxy groups -OCH3 is 2. The van der Waals surface area contributed by atoms with Crippen LogP contribution in [-0.4, -0.2) is 71.9 Å². The third-order valence-corrected chi connectivity index (χ3v) is 7.31. The normalized spacial score (nSPS) is 15.7. The Bertz CT molecular complexity index is 1250. The van der Waals surface area contributed by atoms with Crippen molar-refractivity contribution in [1.82, 2.24) is 19.6 Å². The van der Waals surface area contributed by atoms with E-state index in [4.69, 9.17) is 26.2 Å². The van der Waals surface area contributed by atoms with E-state index in [0.29, 0.717) is 22.3 Å². The molecule has 1 fully saturated rings. The molecule has 0 N–H and O–H groups in total. The Morgan fingerprint density at radius 1 is 1.05 bits per heavy atom. The van der Waals surface area contributed by atoms with Crippen LogP contribution < -0.4 is 0 Å². The van der Waals surface area contributed by atoms with Crippen molar-refractivity contribution in [1.29, 1.82) is 0 Å². The molecular formula is C30H37ClN4O3. The molecule has 0 saturated carbocycles. The molecule has 2 aromatic carbocycles. The molecule has 0 bridgehead atoms. The van der Waals surface area contributed by atoms with Gasteiger partial charge in [-0.25, -0.2) is 4.68 Å². The van der Waals surface area contributed by atoms with Crippen molar-refractivity contribution in [3.05, 3.63) is 81.6 Å². The van der Waals surface area contributed by atoms with E-state index in [9.17, 15) is 4.79 Å². The Balaban J connectivity index is 1.67. The van der Waals surface area contributed by atoms with Crippen molar-refractivity contribution in [3.8, 4) is 5.69 Å². The molecule has 2 heterocycles. The first kappa shape index (κ1) is 28.0. The fourth-order valence-electron chi connectivity index (χ4n) is 5.12. The molecular weight excluding hydrogens is 500 g/mol. The minimum absolute atomic E-state index is 0.0104. The average molecular weight is 537 g/mol. The number of halogens is 1. The van der Waals surface area contributed by atoms with Crippen LogP contribution in [0.25, 0.3) is 17.8 Å². The lowest BCUT2D eigenvalue weighted by Crippen LogP contribution is -2.39. The standard InChI is InChI=1S/C30H37ClN4O3/c1-5-33(6-2)26-16-17-34(19-26)30(36)29-27(20-37-3)32-35(28(29)21-38-4)25-9-7-8-23(18-25)11-10-22-12-14-24(31)15-13-22/h7-15,18,26H,5-6,16-17,19-21H2,1-4H3/b11-10+. The number of benzene rings is 2. The first-order valence-electron chi connectivity index (χ1n) is 13.1. The molecule has 0 radical (unpaired) electrons. The van der Waals surface area contributed by atoms with Gasteiger partial charge in [-0.3, -0.25) is 9.69 Å². The van der Waals surface area contributed by atoms with E-state index < -0.39 is 0 Å². The van der Waals surface area contributed by atoms with E-state index in [-0.39, 0.29) is 19.1 Å². The van der Waals surface area contributed by atoms with Crippen molar-refractivity contribution >= 4 is 29.7 Å². The molecule has 7 nitrogen and oxygen atoms in total. The lowest BCUT2D eigenvalue weighted by molar-refractivity contribution is 0.0767. The van der Waals surface area contributed by atoms with Gasteiger partial charge in [0.2, 0.25) is 0 Å². The van der Waals surface area contributed by atoms with Crippen LogP contribution in [0.4, 0.5) is 0 Å². The minimum Gasteiger partial charge on any atom is -0.378 e. The molecule has 1 aliphatic heterocycles. The fraction of sp³-hybridized carbons (Fsp3) is 0.400. The van der Waals surface area contributed by atoms with Crippen LogP contribution in [0, 0.1) is 0 Å². The Kier molecular flexibility index (Phi) is 9.74. The average Bonchev–Trinajstić information content (AvgIpc) is 3.55. The topological polar surface area (TPSA) is 59.8 Å². The number of hydrogen-bond donors (Lipinski definition) is 0. The zero-order chi connectivity index (χ0) is 27.1. The molecule has 38 heavy (non-hydrogen) atoms. The SMILES string of the molecule is CCN(CC)C1CCN(C(=O)c2c(COC)nn(-c3cccc(/C=C/c4ccc(Cl)cc4)c3)c2COC)C1. The maximum absolute atomic E-state index is 13.9. The van der Waals surface area contributed by atoms with E-state index in [2.05, 4.69) is 24.8 Å². The van der Waals surface area contributed by atoms with E-state index in [0.717, 1.165) is 55.1 Å². The smallest absolute Gasteiger partial charge is 0.257 e. The maximum Gasteiger partial charge on any atom is 0.257 e. The van der Waals surface area contributed by atoms with E-state index in [1.807, 2.05) is 64.2 Å². The van der Waals surface area contributed by atoms with Crippen molar-refractivity contribution in [2.75, 3.05) is 40.4 Å². The minimum atomic E-state index is -0.0104. The number of likely N-dealkylation sites (N-methyl/N-ethyl adjacent to an activating group) is 1. The van der Waals surface area contributed by atoms with Gasteiger partial charge >= 0.3 is 0 Å². The van der Waals surface area contributed by atoms with E-state index in [1.54, 1.807) is 14.2 Å². The van der Waals surface area contributed by atoms with Gasteiger partial charge in [0.1, 0.15) is 5.69 Å². The molecule has 1 aliphatic rings. The van der Waals surface area contributed by atoms with Gasteiger partial charge < -0.3 is 14.4 Å². The van der Waals surface area contributed by atoms with Crippen LogP contribution in [0.2, 0.25) is 5.02 Å². The highest BCUT2D eigenvalue weighted by molar-refractivity contribution is 6.30. The van der Waals surface area contributed by atoms with Crippen LogP contribution >= 0.6 is 11.6 Å². The second-order valence-corrected chi connectivity index (χ2v) is 9.88. The van der Waals surface area contributed by atoms with Crippen LogP contribution in [0.5, 0.6) is 0 Å². The number of carbonyl (C=O) groups excluding carboxylic acids is 1. The molecule has 3 aromatic rings. The number of nitrogens with zero attached hydrogens (tertiary/aromatic N) is 4. The summed E-state index contributed by atoms with van der Waals surface area (Å²) in [7, 11) is 3.26. The van der Waals surface area contributed by atoms with Gasteiger partial charge in [-0.2, -0.15) is 5.10 Å². The summed E-state index contributed by atoms with van der Waals surface area (Å²) in [5, 5.41) is 5.56. The number of carbonyl (C=O) groups is 1. The third-order valence-electron chi connectivity index (χ3n) is 7.06. The highest BCUT2D eigenvalue weighted by atomic mass is 35.5. The summed E-state index contributed by atoms with van der Waals surface area (Å²) in [5.41, 5.74) is 4.86. The first-order chi connectivity index (χ1) is 18.5. The van der Waals surface area contributed by atoms with Gasteiger partial charge in [0.05, 0.1) is 30.2 Å². The van der Waals surface area contributed by atoms with Gasteiger partial charge in [0, 0.05) is 38.4 Å². The predicted molar refractivity (Wildman–Crippen MR) is 153 cm³/mol. The summed E-state index contributed by atoms with van der Waals surface area (Å²) < 4.78 is 12.9. The van der Waals surface area contributed by atoms with Crippen LogP contribution in [0.1, 0.15) is 53.1 Å². The highest BCUT2D eigenvalue weighted by Crippen LogP contribution is 2.26. The van der Waals surface area contributed by atoms with Crippen LogP contribution in [-0.2, 0) is 22.7 Å². The number of hydrogen-bond acceptors (Lipinski definition) is 5. The zero-order valence-electron chi connectivity index (χ0n) is 22.7. The summed E-state index contributed by atoms with van der Waals surface area (Å²) >= 11 is 6.01. The molecule has 1 amide bonds. The van der Waals surface area contributed by atoms with E-state index >= 15 is 0 Å². The Hall–Kier alpha value is -2.97. The zero-order valence-corrected chi connectivity index (χ0v) is 23.4. The van der Waals surface area contributed by atoms with Crippen LogP contribution in [0.15, 0.2) is 48.5 Å². The summed E-state index contributed by atoms with van der Waals surface area (Å²) in [5.74, 6) is -0.0104. The number of rotatable bonds is 11. The summed E-state index contributed by atoms with van der Waals surface area (Å²) in [4.78, 5) is 18.3. The number of aromatic nitrogens is 2. The maximum atomic E-state index is 13.9. The summed E-state index contributed by atoms with van der Waals surface area (Å²) in [6.45, 7) is 8.25. The first-order valence-corrected chi connectivity index (χ1v) is 13.5. The van der Waals surface area contributed by atoms with Crippen LogP contribution in [0.3, 0.4) is 0 Å². The predicted octanol–water partition coefficient (Wildman–Crippen LogP) is 5.55. The monoisotopic (exact) mass is 536 g/mol. The van der Waals surface area contributed by atoms with E-state index in [1.165, 1.54) is 0 Å². The molecule has 202 valence electrons. The number of ether oxygens (including phenoxy) is 2. The second-order valence-electron chi connectivity index (χ2n) is 9.44. The molecule has 4 rings (SSSR count). The molecule has 0 spiro atoms. The largest absolute Gasteiger partial charge is 0.378 e. The Labute approximate surface area is 230 Å². The van der Waals surface area contributed by atoms with Gasteiger partial charge in [-0.05, 0) is 54.9 Å².